The number of carbonyl (C=O) groups excluding carboxylic acids is 1. The van der Waals surface area contributed by atoms with Crippen LogP contribution in [-0.4, -0.2) is 20.7 Å². The van der Waals surface area contributed by atoms with Gasteiger partial charge in [-0.15, -0.1) is 0 Å². The second-order valence-electron chi connectivity index (χ2n) is 3.72. The first-order valence-corrected chi connectivity index (χ1v) is 4.84. The van der Waals surface area contributed by atoms with Crippen LogP contribution in [0.5, 0.6) is 0 Å². The first-order chi connectivity index (χ1) is 7.59. The Kier molecular flexibility index (Phi) is 2.44. The third-order valence-corrected chi connectivity index (χ3v) is 2.22. The molecule has 1 amide bonds. The molecule has 0 fully saturated rings. The molecule has 0 radical (unpaired) electrons. The average Bonchev–Trinajstić information content (AvgIpc) is 2.60. The van der Waals surface area contributed by atoms with E-state index < -0.39 is 5.91 Å². The molecule has 0 atom stereocenters. The van der Waals surface area contributed by atoms with Gasteiger partial charge in [0.15, 0.2) is 5.65 Å². The number of pyridine rings is 1. The zero-order chi connectivity index (χ0) is 11.7. The summed E-state index contributed by atoms with van der Waals surface area (Å²) in [4.78, 5) is 15.4. The zero-order valence-corrected chi connectivity index (χ0v) is 8.97. The Bertz CT molecular complexity index is 570. The van der Waals surface area contributed by atoms with Crippen molar-refractivity contribution in [3.8, 4) is 0 Å². The first kappa shape index (κ1) is 10.4. The summed E-state index contributed by atoms with van der Waals surface area (Å²) in [6.45, 7) is 6.30. The molecule has 5 nitrogen and oxygen atoms in total. The molecule has 5 heteroatoms. The third-order valence-electron chi connectivity index (χ3n) is 2.22. The normalized spacial score (nSPS) is 10.6. The Morgan fingerprint density at radius 1 is 1.62 bits per heavy atom. The maximum atomic E-state index is 11.2. The molecule has 0 saturated carbocycles. The summed E-state index contributed by atoms with van der Waals surface area (Å²) in [5.41, 5.74) is 7.33. The van der Waals surface area contributed by atoms with Gasteiger partial charge >= 0.3 is 0 Å². The van der Waals surface area contributed by atoms with Crippen LogP contribution in [0.4, 0.5) is 0 Å². The number of rotatable bonds is 3. The predicted octanol–water partition coefficient (Wildman–Crippen LogP) is 1.11. The molecule has 0 spiro atoms. The fourth-order valence-corrected chi connectivity index (χ4v) is 1.56. The lowest BCUT2D eigenvalue weighted by molar-refractivity contribution is 0.100. The molecule has 2 rings (SSSR count). The molecule has 2 heterocycles. The smallest absolute Gasteiger partial charge is 0.249 e. The van der Waals surface area contributed by atoms with E-state index in [9.17, 15) is 4.79 Å². The molecule has 0 aromatic carbocycles. The molecule has 0 aliphatic rings. The van der Waals surface area contributed by atoms with Crippen molar-refractivity contribution in [2.24, 2.45) is 5.73 Å². The topological polar surface area (TPSA) is 73.8 Å². The quantitative estimate of drug-likeness (QED) is 0.781. The molecule has 0 bridgehead atoms. The summed E-state index contributed by atoms with van der Waals surface area (Å²) >= 11 is 0. The molecular formula is C11H12N4O. The monoisotopic (exact) mass is 216 g/mol. The van der Waals surface area contributed by atoms with Crippen LogP contribution >= 0.6 is 0 Å². The minimum absolute atomic E-state index is 0.443. The maximum absolute atomic E-state index is 11.2. The minimum atomic E-state index is -0.470. The van der Waals surface area contributed by atoms with E-state index in [1.807, 2.05) is 6.92 Å². The van der Waals surface area contributed by atoms with E-state index in [0.29, 0.717) is 23.1 Å². The number of fused-ring (bicyclic) bond motifs is 1. The minimum Gasteiger partial charge on any atom is -0.366 e. The Hall–Kier alpha value is -2.17. The summed E-state index contributed by atoms with van der Waals surface area (Å²) in [7, 11) is 0. The number of allylic oxidation sites excluding steroid dienone is 1. The number of amides is 1. The molecule has 0 aliphatic carbocycles. The van der Waals surface area contributed by atoms with Gasteiger partial charge in [-0.1, -0.05) is 12.2 Å². The number of primary amides is 1. The van der Waals surface area contributed by atoms with Gasteiger partial charge in [0, 0.05) is 6.20 Å². The van der Waals surface area contributed by atoms with Crippen molar-refractivity contribution in [1.29, 1.82) is 0 Å². The van der Waals surface area contributed by atoms with Crippen LogP contribution < -0.4 is 5.73 Å². The largest absolute Gasteiger partial charge is 0.366 e. The van der Waals surface area contributed by atoms with E-state index in [-0.39, 0.29) is 0 Å². The van der Waals surface area contributed by atoms with Gasteiger partial charge in [0.05, 0.1) is 23.7 Å². The highest BCUT2D eigenvalue weighted by atomic mass is 16.1. The predicted molar refractivity (Wildman–Crippen MR) is 60.9 cm³/mol. The second-order valence-corrected chi connectivity index (χ2v) is 3.72. The number of hydrogen-bond donors (Lipinski definition) is 1. The molecule has 0 unspecified atom stereocenters. The van der Waals surface area contributed by atoms with Crippen LogP contribution in [0.15, 0.2) is 30.6 Å². The van der Waals surface area contributed by atoms with Crippen molar-refractivity contribution in [2.45, 2.75) is 13.5 Å². The van der Waals surface area contributed by atoms with Crippen LogP contribution in [-0.2, 0) is 6.54 Å². The Labute approximate surface area is 92.6 Å². The molecular weight excluding hydrogens is 204 g/mol. The summed E-state index contributed by atoms with van der Waals surface area (Å²) in [6, 6.07) is 1.59. The van der Waals surface area contributed by atoms with Crippen molar-refractivity contribution >= 4 is 16.9 Å². The van der Waals surface area contributed by atoms with Gasteiger partial charge in [0.25, 0.3) is 0 Å². The van der Waals surface area contributed by atoms with Gasteiger partial charge in [-0.25, -0.2) is 9.67 Å². The Morgan fingerprint density at radius 3 is 3.00 bits per heavy atom. The van der Waals surface area contributed by atoms with Crippen molar-refractivity contribution in [3.05, 3.63) is 36.2 Å². The Balaban J connectivity index is 2.61. The highest BCUT2D eigenvalue weighted by molar-refractivity contribution is 6.04. The van der Waals surface area contributed by atoms with Crippen molar-refractivity contribution in [2.75, 3.05) is 0 Å². The van der Waals surface area contributed by atoms with E-state index in [0.717, 1.165) is 5.57 Å². The number of aromatic nitrogens is 3. The van der Waals surface area contributed by atoms with Gasteiger partial charge in [-0.2, -0.15) is 5.10 Å². The van der Waals surface area contributed by atoms with Crippen molar-refractivity contribution in [3.63, 3.8) is 0 Å². The zero-order valence-electron chi connectivity index (χ0n) is 8.97. The van der Waals surface area contributed by atoms with Gasteiger partial charge in [-0.05, 0) is 13.0 Å². The SMILES string of the molecule is C=C(C)Cn1ncc2c(C(N)=O)ccnc21. The lowest BCUT2D eigenvalue weighted by Crippen LogP contribution is -2.11. The van der Waals surface area contributed by atoms with Crippen molar-refractivity contribution in [1.82, 2.24) is 14.8 Å². The lowest BCUT2D eigenvalue weighted by Gasteiger charge is -2.02. The Morgan fingerprint density at radius 2 is 2.38 bits per heavy atom. The fourth-order valence-electron chi connectivity index (χ4n) is 1.56. The van der Waals surface area contributed by atoms with Crippen LogP contribution in [0.1, 0.15) is 17.3 Å². The van der Waals surface area contributed by atoms with E-state index in [1.54, 1.807) is 23.1 Å². The van der Waals surface area contributed by atoms with Gasteiger partial charge in [-0.3, -0.25) is 4.79 Å². The maximum Gasteiger partial charge on any atom is 0.249 e. The standard InChI is InChI=1S/C11H12N4O/c1-7(2)6-15-11-9(5-14-15)8(10(12)16)3-4-13-11/h3-5H,1,6H2,2H3,(H2,12,16). The lowest BCUT2D eigenvalue weighted by atomic mass is 10.2. The second kappa shape index (κ2) is 3.77. The van der Waals surface area contributed by atoms with Crippen molar-refractivity contribution < 1.29 is 4.79 Å². The van der Waals surface area contributed by atoms with E-state index in [4.69, 9.17) is 5.73 Å². The van der Waals surface area contributed by atoms with Gasteiger partial charge < -0.3 is 5.73 Å². The summed E-state index contributed by atoms with van der Waals surface area (Å²) in [5, 5.41) is 4.84. The molecule has 82 valence electrons. The molecule has 2 aromatic heterocycles. The first-order valence-electron chi connectivity index (χ1n) is 4.84. The van der Waals surface area contributed by atoms with Crippen LogP contribution in [0.3, 0.4) is 0 Å². The van der Waals surface area contributed by atoms with Crippen LogP contribution in [0.25, 0.3) is 11.0 Å². The number of hydrogen-bond acceptors (Lipinski definition) is 3. The molecule has 0 saturated heterocycles. The van der Waals surface area contributed by atoms with E-state index in [2.05, 4.69) is 16.7 Å². The third kappa shape index (κ3) is 1.67. The molecule has 2 N–H and O–H groups in total. The summed E-state index contributed by atoms with van der Waals surface area (Å²) in [6.07, 6.45) is 3.16. The number of carbonyl (C=O) groups is 1. The fraction of sp³-hybridized carbons (Fsp3) is 0.182. The van der Waals surface area contributed by atoms with Gasteiger partial charge in [0.2, 0.25) is 5.91 Å². The van der Waals surface area contributed by atoms with E-state index in [1.165, 1.54) is 0 Å². The van der Waals surface area contributed by atoms with E-state index >= 15 is 0 Å². The molecule has 0 aliphatic heterocycles. The molecule has 2 aromatic rings. The summed E-state index contributed by atoms with van der Waals surface area (Å²) in [5.74, 6) is -0.470. The number of nitrogens with zero attached hydrogens (tertiary/aromatic N) is 3. The van der Waals surface area contributed by atoms with Gasteiger partial charge in [0.1, 0.15) is 0 Å². The highest BCUT2D eigenvalue weighted by Crippen LogP contribution is 2.16. The van der Waals surface area contributed by atoms with Crippen LogP contribution in [0.2, 0.25) is 0 Å². The molecule has 16 heavy (non-hydrogen) atoms. The summed E-state index contributed by atoms with van der Waals surface area (Å²) < 4.78 is 1.70. The number of nitrogens with two attached hydrogens (primary N) is 1. The highest BCUT2D eigenvalue weighted by Gasteiger charge is 2.11. The van der Waals surface area contributed by atoms with Crippen LogP contribution in [0, 0.1) is 0 Å². The average molecular weight is 216 g/mol.